The fraction of sp³-hybridized carbons (Fsp3) is 0.286. The van der Waals surface area contributed by atoms with E-state index < -0.39 is 0 Å². The molecular weight excluding hydrogens is 459 g/mol. The summed E-state index contributed by atoms with van der Waals surface area (Å²) in [4.78, 5) is 12.4. The van der Waals surface area contributed by atoms with E-state index in [9.17, 15) is 4.79 Å². The molecule has 1 amide bonds. The van der Waals surface area contributed by atoms with Crippen LogP contribution in [0.4, 0.5) is 5.69 Å². The molecule has 31 heavy (non-hydrogen) atoms. The van der Waals surface area contributed by atoms with Gasteiger partial charge >= 0.3 is 0 Å². The predicted molar refractivity (Wildman–Crippen MR) is 123 cm³/mol. The molecule has 0 radical (unpaired) electrons. The van der Waals surface area contributed by atoms with Gasteiger partial charge in [0, 0.05) is 17.6 Å². The number of nitrogens with one attached hydrogen (secondary N) is 1. The van der Waals surface area contributed by atoms with E-state index in [1.54, 1.807) is 24.3 Å². The normalized spacial score (nSPS) is 10.7. The number of aromatic nitrogens is 3. The maximum absolute atomic E-state index is 12.4. The fourth-order valence-electron chi connectivity index (χ4n) is 2.75. The number of thioether (sulfide) groups is 1. The molecule has 0 saturated carbocycles. The molecule has 0 bridgehead atoms. The Kier molecular flexibility index (Phi) is 8.45. The molecule has 0 unspecified atom stereocenters. The standard InChI is InChI=1S/C21H22Cl2N4O3S/c1-3-27-19(12-30-18-11-14(22)9-10-15(18)23)25-26-21(27)31-13-20(28)24-16-7-5-6-8-17(16)29-4-2/h5-11H,3-4,12-13H2,1-2H3,(H,24,28). The molecule has 1 aromatic heterocycles. The summed E-state index contributed by atoms with van der Waals surface area (Å²) < 4.78 is 13.2. The van der Waals surface area contributed by atoms with Gasteiger partial charge in [0.25, 0.3) is 0 Å². The fourth-order valence-corrected chi connectivity index (χ4v) is 3.90. The molecule has 0 spiro atoms. The van der Waals surface area contributed by atoms with Gasteiger partial charge in [0.2, 0.25) is 5.91 Å². The first kappa shape index (κ1) is 23.2. The van der Waals surface area contributed by atoms with Crippen molar-refractivity contribution in [3.63, 3.8) is 0 Å². The number of para-hydroxylation sites is 2. The highest BCUT2D eigenvalue weighted by molar-refractivity contribution is 7.99. The van der Waals surface area contributed by atoms with Crippen LogP contribution < -0.4 is 14.8 Å². The molecule has 0 aliphatic rings. The first-order valence-corrected chi connectivity index (χ1v) is 11.4. The van der Waals surface area contributed by atoms with Crippen molar-refractivity contribution in [1.29, 1.82) is 0 Å². The lowest BCUT2D eigenvalue weighted by Crippen LogP contribution is -2.15. The Morgan fingerprint density at radius 3 is 2.68 bits per heavy atom. The van der Waals surface area contributed by atoms with Crippen LogP contribution in [-0.2, 0) is 17.9 Å². The molecule has 164 valence electrons. The lowest BCUT2D eigenvalue weighted by molar-refractivity contribution is -0.113. The molecule has 1 N–H and O–H groups in total. The Bertz CT molecular complexity index is 1050. The van der Waals surface area contributed by atoms with Gasteiger partial charge in [-0.3, -0.25) is 4.79 Å². The average molecular weight is 481 g/mol. The smallest absolute Gasteiger partial charge is 0.234 e. The highest BCUT2D eigenvalue weighted by Gasteiger charge is 2.15. The average Bonchev–Trinajstić information content (AvgIpc) is 3.16. The zero-order chi connectivity index (χ0) is 22.2. The number of hydrogen-bond donors (Lipinski definition) is 1. The predicted octanol–water partition coefficient (Wildman–Crippen LogP) is 5.31. The van der Waals surface area contributed by atoms with Crippen LogP contribution >= 0.6 is 35.0 Å². The third-order valence-electron chi connectivity index (χ3n) is 4.15. The molecule has 7 nitrogen and oxygen atoms in total. The van der Waals surface area contributed by atoms with Crippen molar-refractivity contribution in [2.45, 2.75) is 32.2 Å². The third kappa shape index (κ3) is 6.29. The Labute approximate surface area is 195 Å². The lowest BCUT2D eigenvalue weighted by atomic mass is 10.3. The number of nitrogens with zero attached hydrogens (tertiary/aromatic N) is 3. The van der Waals surface area contributed by atoms with Crippen molar-refractivity contribution in [3.05, 3.63) is 58.3 Å². The van der Waals surface area contributed by atoms with Crippen LogP contribution in [0, 0.1) is 0 Å². The van der Waals surface area contributed by atoms with Crippen LogP contribution in [0.25, 0.3) is 0 Å². The van der Waals surface area contributed by atoms with Gasteiger partial charge in [0.15, 0.2) is 11.0 Å². The quantitative estimate of drug-likeness (QED) is 0.396. The molecule has 0 fully saturated rings. The third-order valence-corrected chi connectivity index (χ3v) is 5.67. The summed E-state index contributed by atoms with van der Waals surface area (Å²) in [5.74, 6) is 1.76. The zero-order valence-electron chi connectivity index (χ0n) is 17.1. The minimum absolute atomic E-state index is 0.161. The van der Waals surface area contributed by atoms with Crippen molar-refractivity contribution in [1.82, 2.24) is 14.8 Å². The van der Waals surface area contributed by atoms with Crippen LogP contribution in [0.15, 0.2) is 47.6 Å². The molecule has 10 heteroatoms. The van der Waals surface area contributed by atoms with Crippen LogP contribution in [0.3, 0.4) is 0 Å². The summed E-state index contributed by atoms with van der Waals surface area (Å²) in [6, 6.07) is 12.3. The molecule has 3 rings (SSSR count). The van der Waals surface area contributed by atoms with Gasteiger partial charge in [-0.2, -0.15) is 0 Å². The van der Waals surface area contributed by atoms with Crippen molar-refractivity contribution in [3.8, 4) is 11.5 Å². The van der Waals surface area contributed by atoms with Crippen molar-refractivity contribution in [2.75, 3.05) is 17.7 Å². The van der Waals surface area contributed by atoms with Gasteiger partial charge in [-0.05, 0) is 38.1 Å². The minimum Gasteiger partial charge on any atom is -0.492 e. The van der Waals surface area contributed by atoms with Gasteiger partial charge in [-0.15, -0.1) is 10.2 Å². The van der Waals surface area contributed by atoms with E-state index in [-0.39, 0.29) is 18.3 Å². The number of benzene rings is 2. The zero-order valence-corrected chi connectivity index (χ0v) is 19.4. The summed E-state index contributed by atoms with van der Waals surface area (Å²) in [6.07, 6.45) is 0. The topological polar surface area (TPSA) is 78.3 Å². The largest absolute Gasteiger partial charge is 0.492 e. The Hall–Kier alpha value is -2.42. The van der Waals surface area contributed by atoms with E-state index in [1.807, 2.05) is 36.6 Å². The molecular formula is C21H22Cl2N4O3S. The van der Waals surface area contributed by atoms with E-state index in [4.69, 9.17) is 32.7 Å². The van der Waals surface area contributed by atoms with Crippen molar-refractivity contribution < 1.29 is 14.3 Å². The number of amides is 1. The second-order valence-corrected chi connectivity index (χ2v) is 8.06. The van der Waals surface area contributed by atoms with Crippen LogP contribution in [0.2, 0.25) is 10.0 Å². The van der Waals surface area contributed by atoms with Crippen molar-refractivity contribution in [2.24, 2.45) is 0 Å². The van der Waals surface area contributed by atoms with Crippen LogP contribution in [-0.4, -0.2) is 33.0 Å². The van der Waals surface area contributed by atoms with Crippen molar-refractivity contribution >= 4 is 46.6 Å². The number of ether oxygens (including phenoxy) is 2. The number of anilines is 1. The monoisotopic (exact) mass is 480 g/mol. The second-order valence-electron chi connectivity index (χ2n) is 6.27. The Balaban J connectivity index is 1.60. The summed E-state index contributed by atoms with van der Waals surface area (Å²) in [7, 11) is 0. The summed E-state index contributed by atoms with van der Waals surface area (Å²) in [5.41, 5.74) is 0.638. The summed E-state index contributed by atoms with van der Waals surface area (Å²) in [6.45, 7) is 5.20. The molecule has 1 heterocycles. The number of carbonyl (C=O) groups excluding carboxylic acids is 1. The van der Waals surface area contributed by atoms with E-state index in [2.05, 4.69) is 15.5 Å². The first-order valence-electron chi connectivity index (χ1n) is 9.66. The summed E-state index contributed by atoms with van der Waals surface area (Å²) >= 11 is 13.4. The van der Waals surface area contributed by atoms with Gasteiger partial charge in [-0.1, -0.05) is 47.1 Å². The maximum atomic E-state index is 12.4. The number of carbonyl (C=O) groups is 1. The molecule has 0 atom stereocenters. The summed E-state index contributed by atoms with van der Waals surface area (Å²) in [5, 5.41) is 12.9. The van der Waals surface area contributed by atoms with E-state index in [0.29, 0.717) is 51.4 Å². The molecule has 0 saturated heterocycles. The number of rotatable bonds is 10. The molecule has 0 aliphatic carbocycles. The lowest BCUT2D eigenvalue weighted by Gasteiger charge is -2.11. The SMILES string of the molecule is CCOc1ccccc1NC(=O)CSc1nnc(COc2cc(Cl)ccc2Cl)n1CC. The first-order chi connectivity index (χ1) is 15.0. The van der Waals surface area contributed by atoms with Gasteiger partial charge in [0.05, 0.1) is 23.1 Å². The number of halogens is 2. The highest BCUT2D eigenvalue weighted by atomic mass is 35.5. The molecule has 0 aliphatic heterocycles. The van der Waals surface area contributed by atoms with E-state index >= 15 is 0 Å². The Morgan fingerprint density at radius 1 is 1.10 bits per heavy atom. The van der Waals surface area contributed by atoms with Gasteiger partial charge < -0.3 is 19.4 Å². The van der Waals surface area contributed by atoms with Gasteiger partial charge in [-0.25, -0.2) is 0 Å². The van der Waals surface area contributed by atoms with Crippen LogP contribution in [0.1, 0.15) is 19.7 Å². The van der Waals surface area contributed by atoms with Gasteiger partial charge in [0.1, 0.15) is 18.1 Å². The molecule has 3 aromatic rings. The second kappa shape index (κ2) is 11.3. The van der Waals surface area contributed by atoms with Crippen LogP contribution in [0.5, 0.6) is 11.5 Å². The van der Waals surface area contributed by atoms with E-state index in [1.165, 1.54) is 11.8 Å². The highest BCUT2D eigenvalue weighted by Crippen LogP contribution is 2.29. The Morgan fingerprint density at radius 2 is 1.90 bits per heavy atom. The minimum atomic E-state index is -0.161. The maximum Gasteiger partial charge on any atom is 0.234 e. The van der Waals surface area contributed by atoms with E-state index in [0.717, 1.165) is 0 Å². The molecule has 2 aromatic carbocycles. The number of hydrogen-bond acceptors (Lipinski definition) is 6.